The molecule has 10 aromatic carbocycles. The summed E-state index contributed by atoms with van der Waals surface area (Å²) in [4.78, 5) is 0. The third-order valence-electron chi connectivity index (χ3n) is 15.1. The molecule has 4 aromatic heterocycles. The molecule has 0 unspecified atom stereocenters. The highest BCUT2D eigenvalue weighted by Gasteiger charge is 2.52. The summed E-state index contributed by atoms with van der Waals surface area (Å²) in [6.07, 6.45) is 0. The van der Waals surface area contributed by atoms with Gasteiger partial charge in [-0.15, -0.1) is 22.7 Å². The fourth-order valence-corrected chi connectivity index (χ4v) is 14.2. The van der Waals surface area contributed by atoms with Crippen molar-refractivity contribution in [1.82, 2.24) is 9.13 Å². The number of benzene rings is 10. The van der Waals surface area contributed by atoms with Gasteiger partial charge < -0.3 is 18.4 Å². The molecule has 0 aliphatic carbocycles. The Balaban J connectivity index is 0.000000127. The molecule has 5 heterocycles. The van der Waals surface area contributed by atoms with Crippen LogP contribution in [0, 0.1) is 3.57 Å². The average molecular weight is 1260 g/mol. The molecule has 0 radical (unpaired) electrons. The van der Waals surface area contributed by atoms with Crippen LogP contribution in [0.5, 0.6) is 0 Å². The lowest BCUT2D eigenvalue weighted by atomic mass is 9.77. The van der Waals surface area contributed by atoms with Crippen LogP contribution in [0.25, 0.3) is 106 Å². The maximum atomic E-state index is 6.58. The van der Waals surface area contributed by atoms with Crippen molar-refractivity contribution in [2.24, 2.45) is 0 Å². The van der Waals surface area contributed by atoms with Crippen LogP contribution >= 0.6 is 77.1 Å². The second-order valence-electron chi connectivity index (χ2n) is 20.2. The Hall–Kier alpha value is -6.09. The summed E-state index contributed by atoms with van der Waals surface area (Å²) >= 11 is 12.9. The molecule has 1 aliphatic rings. The van der Waals surface area contributed by atoms with Gasteiger partial charge in [0.15, 0.2) is 0 Å². The predicted molar refractivity (Wildman–Crippen MR) is 343 cm³/mol. The van der Waals surface area contributed by atoms with E-state index in [9.17, 15) is 0 Å². The molecule has 1 fully saturated rings. The molecule has 0 bridgehead atoms. The standard InChI is InChI=1S/C30H26BNO2S.C30H18BrNS.C6H4BrI/c1-29(2)30(3,4)34-31(33-29)23-18-22-20-14-8-10-16-24(20)32(19-12-6-5-7-13-19)27(22)26-21-15-9-11-17-25(21)35-28(23)26;31-20-16-14-19(15-17-20)24-18-25-22-10-4-6-12-26(22)32(21-8-2-1-3-9-21)29(25)28-23-11-5-7-13-27(23)33-30(24)28;7-5-1-3-6(8)4-2-5/h5-18H,1-4H3;1-18H;1-4H. The molecule has 370 valence electrons. The van der Waals surface area contributed by atoms with Crippen molar-refractivity contribution in [2.75, 3.05) is 0 Å². The number of para-hydroxylation sites is 4. The first-order valence-electron chi connectivity index (χ1n) is 25.3. The molecule has 1 aliphatic heterocycles. The van der Waals surface area contributed by atoms with Crippen molar-refractivity contribution in [1.29, 1.82) is 0 Å². The number of thiophene rings is 2. The highest BCUT2D eigenvalue weighted by atomic mass is 127. The molecular formula is C66H48BBr2IN2O2S2. The summed E-state index contributed by atoms with van der Waals surface area (Å²) in [7, 11) is -0.418. The topological polar surface area (TPSA) is 28.3 Å². The van der Waals surface area contributed by atoms with Crippen LogP contribution in [0.4, 0.5) is 0 Å². The number of nitrogens with zero attached hydrogens (tertiary/aromatic N) is 2. The Morgan fingerprint density at radius 1 is 0.434 bits per heavy atom. The number of aromatic nitrogens is 2. The summed E-state index contributed by atoms with van der Waals surface area (Å²) in [6, 6.07) is 78.0. The maximum absolute atomic E-state index is 6.58. The van der Waals surface area contributed by atoms with E-state index >= 15 is 0 Å². The summed E-state index contributed by atoms with van der Waals surface area (Å²) < 4.78 is 26.7. The molecule has 10 heteroatoms. The van der Waals surface area contributed by atoms with Crippen molar-refractivity contribution in [2.45, 2.75) is 38.9 Å². The average Bonchev–Trinajstić information content (AvgIpc) is 4.44. The Morgan fingerprint density at radius 2 is 0.842 bits per heavy atom. The van der Waals surface area contributed by atoms with Gasteiger partial charge in [-0.05, 0) is 147 Å². The first kappa shape index (κ1) is 49.5. The van der Waals surface area contributed by atoms with E-state index in [1.165, 1.54) is 110 Å². The minimum atomic E-state index is -0.418. The molecule has 1 saturated heterocycles. The highest BCUT2D eigenvalue weighted by molar-refractivity contribution is 14.1. The SMILES string of the molecule is Brc1ccc(-c2cc3c4ccccc4n(-c4ccccc4)c3c3c2sc2ccccc23)cc1.Brc1ccc(I)cc1.CC1(C)OB(c2cc3c4ccccc4n(-c4ccccc4)c3c3c2sc2ccccc23)OC1(C)C. The van der Waals surface area contributed by atoms with Crippen LogP contribution in [0.1, 0.15) is 27.7 Å². The molecule has 15 rings (SSSR count). The number of hydrogen-bond acceptors (Lipinski definition) is 4. The fraction of sp³-hybridized carbons (Fsp3) is 0.0909. The number of fused-ring (bicyclic) bond motifs is 14. The summed E-state index contributed by atoms with van der Waals surface area (Å²) in [6.45, 7) is 8.48. The second-order valence-corrected chi connectivity index (χ2v) is 25.4. The molecule has 14 aromatic rings. The van der Waals surface area contributed by atoms with Crippen LogP contribution in [-0.2, 0) is 9.31 Å². The van der Waals surface area contributed by atoms with Gasteiger partial charge in [0.2, 0.25) is 0 Å². The lowest BCUT2D eigenvalue weighted by molar-refractivity contribution is 0.00578. The first-order chi connectivity index (χ1) is 36.9. The van der Waals surface area contributed by atoms with Gasteiger partial charge in [0.05, 0.1) is 33.3 Å². The van der Waals surface area contributed by atoms with Gasteiger partial charge in [-0.25, -0.2) is 0 Å². The van der Waals surface area contributed by atoms with E-state index in [1.807, 2.05) is 34.8 Å². The third kappa shape index (κ3) is 8.52. The quantitative estimate of drug-likeness (QED) is 0.130. The maximum Gasteiger partial charge on any atom is 0.496 e. The molecule has 0 amide bonds. The van der Waals surface area contributed by atoms with Crippen LogP contribution < -0.4 is 5.46 Å². The fourth-order valence-electron chi connectivity index (χ4n) is 10.8. The zero-order valence-corrected chi connectivity index (χ0v) is 49.0. The minimum absolute atomic E-state index is 0.395. The first-order valence-corrected chi connectivity index (χ1v) is 29.6. The van der Waals surface area contributed by atoms with Crippen LogP contribution in [0.3, 0.4) is 0 Å². The van der Waals surface area contributed by atoms with Crippen molar-refractivity contribution >= 4 is 174 Å². The lowest BCUT2D eigenvalue weighted by Crippen LogP contribution is -2.41. The second kappa shape index (κ2) is 19.7. The van der Waals surface area contributed by atoms with Gasteiger partial charge in [-0.2, -0.15) is 0 Å². The van der Waals surface area contributed by atoms with Gasteiger partial charge in [0.1, 0.15) is 0 Å². The third-order valence-corrected chi connectivity index (χ3v) is 19.3. The van der Waals surface area contributed by atoms with Crippen LogP contribution in [-0.4, -0.2) is 27.5 Å². The highest BCUT2D eigenvalue weighted by Crippen LogP contribution is 2.48. The summed E-state index contributed by atoms with van der Waals surface area (Å²) in [5, 5.41) is 10.2. The van der Waals surface area contributed by atoms with Crippen LogP contribution in [0.2, 0.25) is 0 Å². The zero-order chi connectivity index (χ0) is 51.9. The number of hydrogen-bond donors (Lipinski definition) is 0. The Morgan fingerprint density at radius 3 is 1.34 bits per heavy atom. The van der Waals surface area contributed by atoms with Crippen molar-refractivity contribution in [3.8, 4) is 22.5 Å². The molecule has 76 heavy (non-hydrogen) atoms. The molecule has 0 spiro atoms. The molecule has 0 N–H and O–H groups in total. The molecule has 0 atom stereocenters. The van der Waals surface area contributed by atoms with E-state index in [4.69, 9.17) is 9.31 Å². The van der Waals surface area contributed by atoms with Gasteiger partial charge in [0.25, 0.3) is 0 Å². The van der Waals surface area contributed by atoms with Gasteiger partial charge in [-0.3, -0.25) is 0 Å². The predicted octanol–water partition coefficient (Wildman–Crippen LogP) is 20.1. The van der Waals surface area contributed by atoms with Crippen LogP contribution in [0.15, 0.2) is 227 Å². The van der Waals surface area contributed by atoms with Crippen molar-refractivity contribution in [3.05, 3.63) is 231 Å². The smallest absolute Gasteiger partial charge is 0.399 e. The number of halogens is 3. The molecular weight excluding hydrogens is 1210 g/mol. The monoisotopic (exact) mass is 1260 g/mol. The van der Waals surface area contributed by atoms with E-state index in [2.05, 4.69) is 298 Å². The van der Waals surface area contributed by atoms with E-state index in [0.717, 1.165) is 14.4 Å². The van der Waals surface area contributed by atoms with Gasteiger partial charge >= 0.3 is 7.12 Å². The van der Waals surface area contributed by atoms with Gasteiger partial charge in [0, 0.05) is 96.8 Å². The minimum Gasteiger partial charge on any atom is -0.399 e. The molecule has 0 saturated carbocycles. The summed E-state index contributed by atoms with van der Waals surface area (Å²) in [5.41, 5.74) is 10.2. The Kier molecular flexibility index (Phi) is 12.8. The van der Waals surface area contributed by atoms with E-state index in [1.54, 1.807) is 0 Å². The largest absolute Gasteiger partial charge is 0.496 e. The van der Waals surface area contributed by atoms with Crippen molar-refractivity contribution in [3.63, 3.8) is 0 Å². The summed E-state index contributed by atoms with van der Waals surface area (Å²) in [5.74, 6) is 0. The van der Waals surface area contributed by atoms with Gasteiger partial charge in [-0.1, -0.05) is 159 Å². The van der Waals surface area contributed by atoms with Crippen molar-refractivity contribution < 1.29 is 9.31 Å². The Labute approximate surface area is 480 Å². The lowest BCUT2D eigenvalue weighted by Gasteiger charge is -2.32. The number of rotatable bonds is 4. The Bertz CT molecular complexity index is 4470. The normalized spacial score (nSPS) is 14.1. The molecule has 4 nitrogen and oxygen atoms in total. The van der Waals surface area contributed by atoms with E-state index in [0.29, 0.717) is 0 Å². The zero-order valence-electron chi connectivity index (χ0n) is 42.0. The van der Waals surface area contributed by atoms with E-state index in [-0.39, 0.29) is 0 Å². The van der Waals surface area contributed by atoms with E-state index < -0.39 is 18.3 Å².